The van der Waals surface area contributed by atoms with Crippen LogP contribution in [0.2, 0.25) is 0 Å². The van der Waals surface area contributed by atoms with E-state index in [1.54, 1.807) is 19.2 Å². The smallest absolute Gasteiger partial charge is 0.323 e. The first-order valence-electron chi connectivity index (χ1n) is 8.90. The molecular formula is C22H20N4O2. The zero-order chi connectivity index (χ0) is 19.5. The number of nitrogens with zero attached hydrogens (tertiary/aromatic N) is 2. The summed E-state index contributed by atoms with van der Waals surface area (Å²) >= 11 is 0. The number of ether oxygens (including phenoxy) is 1. The highest BCUT2D eigenvalue weighted by atomic mass is 16.5. The van der Waals surface area contributed by atoms with Crippen LogP contribution in [-0.2, 0) is 0 Å². The predicted molar refractivity (Wildman–Crippen MR) is 111 cm³/mol. The lowest BCUT2D eigenvalue weighted by molar-refractivity contribution is 0.262. The van der Waals surface area contributed by atoms with E-state index in [0.717, 1.165) is 22.5 Å². The number of imidazole rings is 1. The van der Waals surface area contributed by atoms with Crippen molar-refractivity contribution in [3.63, 3.8) is 0 Å². The van der Waals surface area contributed by atoms with E-state index in [0.29, 0.717) is 17.1 Å². The Morgan fingerprint density at radius 1 is 0.964 bits per heavy atom. The van der Waals surface area contributed by atoms with Crippen molar-refractivity contribution in [3.05, 3.63) is 78.6 Å². The van der Waals surface area contributed by atoms with Gasteiger partial charge in [-0.2, -0.15) is 0 Å². The number of urea groups is 1. The lowest BCUT2D eigenvalue weighted by Crippen LogP contribution is -2.20. The number of amides is 2. The van der Waals surface area contributed by atoms with E-state index in [1.807, 2.05) is 72.2 Å². The van der Waals surface area contributed by atoms with Gasteiger partial charge >= 0.3 is 6.03 Å². The van der Waals surface area contributed by atoms with Crippen molar-refractivity contribution in [1.29, 1.82) is 0 Å². The van der Waals surface area contributed by atoms with Crippen molar-refractivity contribution in [2.45, 2.75) is 6.92 Å². The van der Waals surface area contributed by atoms with Crippen molar-refractivity contribution in [1.82, 2.24) is 9.38 Å². The Kier molecular flexibility index (Phi) is 4.68. The molecule has 2 N–H and O–H groups in total. The zero-order valence-corrected chi connectivity index (χ0v) is 15.6. The van der Waals surface area contributed by atoms with E-state index in [9.17, 15) is 4.79 Å². The molecule has 6 heteroatoms. The summed E-state index contributed by atoms with van der Waals surface area (Å²) in [6, 6.07) is 18.5. The molecule has 0 saturated heterocycles. The van der Waals surface area contributed by atoms with Crippen LogP contribution in [0.3, 0.4) is 0 Å². The summed E-state index contributed by atoms with van der Waals surface area (Å²) in [5.74, 6) is 0.599. The lowest BCUT2D eigenvalue weighted by Gasteiger charge is -2.12. The minimum absolute atomic E-state index is 0.350. The van der Waals surface area contributed by atoms with Gasteiger partial charge in [0.1, 0.15) is 11.4 Å². The Bertz CT molecular complexity index is 1150. The predicted octanol–water partition coefficient (Wildman–Crippen LogP) is 4.96. The van der Waals surface area contributed by atoms with E-state index in [4.69, 9.17) is 9.72 Å². The van der Waals surface area contributed by atoms with E-state index >= 15 is 0 Å². The Labute approximate surface area is 162 Å². The molecule has 0 radical (unpaired) electrons. The standard InChI is InChI=1S/C22H20N4O2/c1-15-8-7-13-26-14-19(23-21(15)26)16-9-3-4-10-17(16)24-22(27)25-18-11-5-6-12-20(18)28-2/h3-14H,1-2H3,(H2,24,25,27). The summed E-state index contributed by atoms with van der Waals surface area (Å²) in [4.78, 5) is 17.3. The van der Waals surface area contributed by atoms with Crippen LogP contribution in [0, 0.1) is 6.92 Å². The maximum Gasteiger partial charge on any atom is 0.323 e. The van der Waals surface area contributed by atoms with Crippen LogP contribution in [0.5, 0.6) is 5.75 Å². The van der Waals surface area contributed by atoms with Gasteiger partial charge in [0.2, 0.25) is 0 Å². The highest BCUT2D eigenvalue weighted by Gasteiger charge is 2.13. The topological polar surface area (TPSA) is 67.7 Å². The summed E-state index contributed by atoms with van der Waals surface area (Å²) in [5.41, 5.74) is 4.90. The molecule has 0 bridgehead atoms. The number of rotatable bonds is 4. The van der Waals surface area contributed by atoms with E-state index in [-0.39, 0.29) is 6.03 Å². The Morgan fingerprint density at radius 2 is 1.68 bits per heavy atom. The van der Waals surface area contributed by atoms with Crippen LogP contribution in [0.15, 0.2) is 73.1 Å². The molecule has 0 aliphatic heterocycles. The molecular weight excluding hydrogens is 352 g/mol. The maximum atomic E-state index is 12.6. The lowest BCUT2D eigenvalue weighted by atomic mass is 10.1. The minimum Gasteiger partial charge on any atom is -0.495 e. The van der Waals surface area contributed by atoms with Gasteiger partial charge in [0.15, 0.2) is 0 Å². The third kappa shape index (κ3) is 3.40. The van der Waals surface area contributed by atoms with Crippen LogP contribution < -0.4 is 15.4 Å². The fourth-order valence-electron chi connectivity index (χ4n) is 3.12. The number of hydrogen-bond acceptors (Lipinski definition) is 3. The third-order valence-electron chi connectivity index (χ3n) is 4.48. The molecule has 0 aliphatic rings. The zero-order valence-electron chi connectivity index (χ0n) is 15.6. The van der Waals surface area contributed by atoms with Crippen molar-refractivity contribution >= 4 is 23.1 Å². The molecule has 6 nitrogen and oxygen atoms in total. The summed E-state index contributed by atoms with van der Waals surface area (Å²) in [5, 5.41) is 5.74. The van der Waals surface area contributed by atoms with Gasteiger partial charge < -0.3 is 19.8 Å². The molecule has 140 valence electrons. The molecule has 2 heterocycles. The normalized spacial score (nSPS) is 10.6. The SMILES string of the molecule is COc1ccccc1NC(=O)Nc1ccccc1-c1cn2cccc(C)c2n1. The van der Waals surface area contributed by atoms with Gasteiger partial charge in [-0.15, -0.1) is 0 Å². The van der Waals surface area contributed by atoms with Gasteiger partial charge in [-0.1, -0.05) is 36.4 Å². The third-order valence-corrected chi connectivity index (χ3v) is 4.48. The molecule has 2 amide bonds. The fourth-order valence-corrected chi connectivity index (χ4v) is 3.12. The van der Waals surface area contributed by atoms with Gasteiger partial charge in [-0.3, -0.25) is 0 Å². The molecule has 0 spiro atoms. The molecule has 4 aromatic rings. The molecule has 0 fully saturated rings. The molecule has 2 aromatic carbocycles. The number of methoxy groups -OCH3 is 1. The van der Waals surface area contributed by atoms with Crippen molar-refractivity contribution in [2.75, 3.05) is 17.7 Å². The van der Waals surface area contributed by atoms with Crippen LogP contribution >= 0.6 is 0 Å². The summed E-state index contributed by atoms with van der Waals surface area (Å²) in [7, 11) is 1.57. The van der Waals surface area contributed by atoms with Crippen LogP contribution in [0.25, 0.3) is 16.9 Å². The highest BCUT2D eigenvalue weighted by molar-refractivity contribution is 6.02. The van der Waals surface area contributed by atoms with Crippen molar-refractivity contribution in [2.24, 2.45) is 0 Å². The average Bonchev–Trinajstić information content (AvgIpc) is 3.14. The fraction of sp³-hybridized carbons (Fsp3) is 0.0909. The maximum absolute atomic E-state index is 12.6. The number of hydrogen-bond donors (Lipinski definition) is 2. The highest BCUT2D eigenvalue weighted by Crippen LogP contribution is 2.29. The number of carbonyl (C=O) groups excluding carboxylic acids is 1. The number of carbonyl (C=O) groups is 1. The number of anilines is 2. The van der Waals surface area contributed by atoms with Gasteiger partial charge in [0.05, 0.1) is 24.2 Å². The molecule has 0 aliphatic carbocycles. The van der Waals surface area contributed by atoms with Gasteiger partial charge in [-0.25, -0.2) is 9.78 Å². The molecule has 0 atom stereocenters. The number of benzene rings is 2. The van der Waals surface area contributed by atoms with Crippen LogP contribution in [-0.4, -0.2) is 22.5 Å². The molecule has 2 aromatic heterocycles. The number of pyridine rings is 1. The molecule has 0 saturated carbocycles. The first-order chi connectivity index (χ1) is 13.7. The number of aromatic nitrogens is 2. The summed E-state index contributed by atoms with van der Waals surface area (Å²) < 4.78 is 7.26. The van der Waals surface area contributed by atoms with Gasteiger partial charge in [0, 0.05) is 18.0 Å². The number of fused-ring (bicyclic) bond motifs is 1. The van der Waals surface area contributed by atoms with Crippen LogP contribution in [0.4, 0.5) is 16.2 Å². The number of aryl methyl sites for hydroxylation is 1. The molecule has 28 heavy (non-hydrogen) atoms. The Morgan fingerprint density at radius 3 is 2.46 bits per heavy atom. The summed E-state index contributed by atoms with van der Waals surface area (Å²) in [6.07, 6.45) is 3.92. The largest absolute Gasteiger partial charge is 0.495 e. The first-order valence-corrected chi connectivity index (χ1v) is 8.90. The van der Waals surface area contributed by atoms with Gasteiger partial charge in [-0.05, 0) is 36.8 Å². The van der Waals surface area contributed by atoms with Crippen molar-refractivity contribution in [3.8, 4) is 17.0 Å². The Balaban J connectivity index is 1.62. The average molecular weight is 372 g/mol. The summed E-state index contributed by atoms with van der Waals surface area (Å²) in [6.45, 7) is 2.02. The quantitative estimate of drug-likeness (QED) is 0.532. The minimum atomic E-state index is -0.350. The first kappa shape index (κ1) is 17.6. The van der Waals surface area contributed by atoms with Gasteiger partial charge in [0.25, 0.3) is 0 Å². The number of para-hydroxylation sites is 3. The monoisotopic (exact) mass is 372 g/mol. The van der Waals surface area contributed by atoms with E-state index < -0.39 is 0 Å². The number of nitrogens with one attached hydrogen (secondary N) is 2. The van der Waals surface area contributed by atoms with E-state index in [2.05, 4.69) is 10.6 Å². The van der Waals surface area contributed by atoms with E-state index in [1.165, 1.54) is 0 Å². The second-order valence-corrected chi connectivity index (χ2v) is 6.37. The Hall–Kier alpha value is -3.80. The van der Waals surface area contributed by atoms with Crippen LogP contribution in [0.1, 0.15) is 5.56 Å². The second-order valence-electron chi connectivity index (χ2n) is 6.37. The van der Waals surface area contributed by atoms with Crippen molar-refractivity contribution < 1.29 is 9.53 Å². The molecule has 0 unspecified atom stereocenters. The second kappa shape index (κ2) is 7.44. The molecule has 4 rings (SSSR count).